The van der Waals surface area contributed by atoms with E-state index in [1.54, 1.807) is 12.1 Å². The molecule has 0 fully saturated rings. The van der Waals surface area contributed by atoms with Crippen molar-refractivity contribution in [3.8, 4) is 0 Å². The van der Waals surface area contributed by atoms with E-state index in [-0.39, 0.29) is 5.78 Å². The lowest BCUT2D eigenvalue weighted by atomic mass is 9.89. The van der Waals surface area contributed by atoms with E-state index in [1.165, 1.54) is 0 Å². The van der Waals surface area contributed by atoms with Crippen LogP contribution < -0.4 is 0 Å². The van der Waals surface area contributed by atoms with Gasteiger partial charge >= 0.3 is 0 Å². The van der Waals surface area contributed by atoms with Crippen LogP contribution in [0.25, 0.3) is 11.0 Å². The summed E-state index contributed by atoms with van der Waals surface area (Å²) >= 11 is 9.42. The minimum atomic E-state index is -0.461. The molecule has 0 bridgehead atoms. The van der Waals surface area contributed by atoms with Crippen molar-refractivity contribution in [2.24, 2.45) is 5.41 Å². The van der Waals surface area contributed by atoms with Gasteiger partial charge in [-0.15, -0.1) is 0 Å². The van der Waals surface area contributed by atoms with Crippen molar-refractivity contribution < 1.29 is 9.21 Å². The summed E-state index contributed by atoms with van der Waals surface area (Å²) < 4.78 is 6.41. The van der Waals surface area contributed by atoms with Crippen molar-refractivity contribution in [2.75, 3.05) is 0 Å². The number of benzene rings is 1. The third-order valence-corrected chi connectivity index (χ3v) is 3.18. The Labute approximate surface area is 113 Å². The molecule has 2 aromatic rings. The van der Waals surface area contributed by atoms with E-state index in [2.05, 4.69) is 15.9 Å². The molecule has 0 radical (unpaired) electrons. The van der Waals surface area contributed by atoms with Crippen molar-refractivity contribution >= 4 is 44.3 Å². The zero-order valence-corrected chi connectivity index (χ0v) is 12.1. The van der Waals surface area contributed by atoms with Crippen LogP contribution in [0.1, 0.15) is 31.3 Å². The molecule has 0 aliphatic carbocycles. The Kier molecular flexibility index (Phi) is 3.08. The normalized spacial score (nSPS) is 12.1. The fraction of sp³-hybridized carbons (Fsp3) is 0.308. The van der Waals surface area contributed by atoms with Crippen LogP contribution >= 0.6 is 27.5 Å². The Hall–Kier alpha value is -0.800. The highest BCUT2D eigenvalue weighted by atomic mass is 79.9. The summed E-state index contributed by atoms with van der Waals surface area (Å²) in [5.74, 6) is 0.327. The van der Waals surface area contributed by atoms with Crippen LogP contribution in [0.15, 0.2) is 27.1 Å². The highest BCUT2D eigenvalue weighted by Crippen LogP contribution is 2.32. The number of carbonyl (C=O) groups is 1. The van der Waals surface area contributed by atoms with Gasteiger partial charge in [-0.05, 0) is 18.2 Å². The molecule has 0 aliphatic rings. The number of fused-ring (bicyclic) bond motifs is 1. The zero-order valence-electron chi connectivity index (χ0n) is 9.80. The minimum Gasteiger partial charge on any atom is -0.451 e. The van der Waals surface area contributed by atoms with Crippen LogP contribution in [0.4, 0.5) is 0 Å². The summed E-state index contributed by atoms with van der Waals surface area (Å²) in [6.07, 6.45) is 0. The molecule has 90 valence electrons. The second kappa shape index (κ2) is 4.14. The average molecular weight is 316 g/mol. The molecule has 1 heterocycles. The number of furan rings is 1. The number of hydrogen-bond donors (Lipinski definition) is 0. The Morgan fingerprint density at radius 2 is 1.94 bits per heavy atom. The quantitative estimate of drug-likeness (QED) is 0.687. The summed E-state index contributed by atoms with van der Waals surface area (Å²) in [6.45, 7) is 5.58. The second-order valence-electron chi connectivity index (χ2n) is 5.00. The van der Waals surface area contributed by atoms with E-state index in [0.29, 0.717) is 16.4 Å². The van der Waals surface area contributed by atoms with Gasteiger partial charge in [0.1, 0.15) is 0 Å². The lowest BCUT2D eigenvalue weighted by molar-refractivity contribution is 0.0831. The maximum atomic E-state index is 12.1. The predicted octanol–water partition coefficient (Wildman–Crippen LogP) is 5.08. The maximum absolute atomic E-state index is 12.1. The molecule has 17 heavy (non-hydrogen) atoms. The SMILES string of the molecule is CC(C)(C)C(=O)c1cc2cc(Br)cc(Cl)c2o1. The molecule has 0 saturated heterocycles. The molecular weight excluding hydrogens is 303 g/mol. The number of hydrogen-bond acceptors (Lipinski definition) is 2. The van der Waals surface area contributed by atoms with Gasteiger partial charge in [0.25, 0.3) is 0 Å². The highest BCUT2D eigenvalue weighted by Gasteiger charge is 2.26. The monoisotopic (exact) mass is 314 g/mol. The van der Waals surface area contributed by atoms with Crippen molar-refractivity contribution in [3.05, 3.63) is 33.5 Å². The minimum absolute atomic E-state index is 0.0270. The van der Waals surface area contributed by atoms with E-state index in [0.717, 1.165) is 9.86 Å². The molecule has 0 spiro atoms. The van der Waals surface area contributed by atoms with Crippen molar-refractivity contribution in [3.63, 3.8) is 0 Å². The lowest BCUT2D eigenvalue weighted by Crippen LogP contribution is -2.19. The lowest BCUT2D eigenvalue weighted by Gasteiger charge is -2.13. The Bertz CT molecular complexity index is 593. The number of rotatable bonds is 1. The fourth-order valence-electron chi connectivity index (χ4n) is 1.56. The molecule has 0 amide bonds. The van der Waals surface area contributed by atoms with E-state index in [1.807, 2.05) is 26.8 Å². The highest BCUT2D eigenvalue weighted by molar-refractivity contribution is 9.10. The molecule has 1 aromatic heterocycles. The van der Waals surface area contributed by atoms with Crippen LogP contribution in [0.5, 0.6) is 0 Å². The van der Waals surface area contributed by atoms with Gasteiger partial charge in [-0.1, -0.05) is 48.3 Å². The Balaban J connectivity index is 2.60. The first-order valence-corrected chi connectivity index (χ1v) is 6.39. The molecule has 2 rings (SSSR count). The fourth-order valence-corrected chi connectivity index (χ4v) is 2.43. The first-order chi connectivity index (χ1) is 7.79. The van der Waals surface area contributed by atoms with E-state index in [9.17, 15) is 4.79 Å². The average Bonchev–Trinajstić information content (AvgIpc) is 2.58. The second-order valence-corrected chi connectivity index (χ2v) is 6.32. The van der Waals surface area contributed by atoms with E-state index in [4.69, 9.17) is 16.0 Å². The van der Waals surface area contributed by atoms with Gasteiger partial charge in [0.2, 0.25) is 5.78 Å². The summed E-state index contributed by atoms with van der Waals surface area (Å²) in [5.41, 5.74) is 0.0971. The maximum Gasteiger partial charge on any atom is 0.203 e. The molecule has 0 atom stereocenters. The standard InChI is InChI=1S/C13H12BrClO2/c1-13(2,3)12(16)10-5-7-4-8(14)6-9(15)11(7)17-10/h4-6H,1-3H3. The summed E-state index contributed by atoms with van der Waals surface area (Å²) in [6, 6.07) is 5.36. The molecule has 2 nitrogen and oxygen atoms in total. The van der Waals surface area contributed by atoms with Gasteiger partial charge in [-0.25, -0.2) is 0 Å². The zero-order chi connectivity index (χ0) is 12.8. The summed E-state index contributed by atoms with van der Waals surface area (Å²) in [4.78, 5) is 12.1. The first-order valence-electron chi connectivity index (χ1n) is 5.22. The first kappa shape index (κ1) is 12.7. The Morgan fingerprint density at radius 3 is 2.53 bits per heavy atom. The molecule has 0 unspecified atom stereocenters. The van der Waals surface area contributed by atoms with Crippen LogP contribution in [-0.4, -0.2) is 5.78 Å². The molecule has 1 aromatic carbocycles. The molecule has 0 saturated carbocycles. The van der Waals surface area contributed by atoms with Gasteiger partial charge in [-0.2, -0.15) is 0 Å². The summed E-state index contributed by atoms with van der Waals surface area (Å²) in [7, 11) is 0. The van der Waals surface area contributed by atoms with Gasteiger partial charge in [-0.3, -0.25) is 4.79 Å². The number of ketones is 1. The van der Waals surface area contributed by atoms with Gasteiger partial charge in [0, 0.05) is 15.3 Å². The van der Waals surface area contributed by atoms with Gasteiger partial charge in [0.15, 0.2) is 11.3 Å². The number of Topliss-reactive ketones (excluding diaryl/α,β-unsaturated/α-hetero) is 1. The Morgan fingerprint density at radius 1 is 1.29 bits per heavy atom. The number of halogens is 2. The van der Waals surface area contributed by atoms with Crippen LogP contribution in [0.2, 0.25) is 5.02 Å². The third kappa shape index (κ3) is 2.40. The van der Waals surface area contributed by atoms with Crippen molar-refractivity contribution in [1.29, 1.82) is 0 Å². The topological polar surface area (TPSA) is 30.2 Å². The van der Waals surface area contributed by atoms with Gasteiger partial charge < -0.3 is 4.42 Å². The smallest absolute Gasteiger partial charge is 0.203 e. The van der Waals surface area contributed by atoms with Crippen LogP contribution in [0.3, 0.4) is 0 Å². The molecular formula is C13H12BrClO2. The van der Waals surface area contributed by atoms with Crippen molar-refractivity contribution in [1.82, 2.24) is 0 Å². The van der Waals surface area contributed by atoms with E-state index >= 15 is 0 Å². The largest absolute Gasteiger partial charge is 0.451 e. The van der Waals surface area contributed by atoms with E-state index < -0.39 is 5.41 Å². The molecule has 4 heteroatoms. The third-order valence-electron chi connectivity index (χ3n) is 2.44. The van der Waals surface area contributed by atoms with Crippen LogP contribution in [0, 0.1) is 5.41 Å². The molecule has 0 aliphatic heterocycles. The predicted molar refractivity (Wildman–Crippen MR) is 72.7 cm³/mol. The molecule has 0 N–H and O–H groups in total. The van der Waals surface area contributed by atoms with Crippen LogP contribution in [-0.2, 0) is 0 Å². The summed E-state index contributed by atoms with van der Waals surface area (Å²) in [5, 5.41) is 1.33. The number of carbonyl (C=O) groups excluding carboxylic acids is 1. The van der Waals surface area contributed by atoms with Crippen molar-refractivity contribution in [2.45, 2.75) is 20.8 Å². The van der Waals surface area contributed by atoms with Gasteiger partial charge in [0.05, 0.1) is 5.02 Å².